The van der Waals surface area contributed by atoms with E-state index in [1.54, 1.807) is 0 Å². The molecule has 0 unspecified atom stereocenters. The Hall–Kier alpha value is -1.19. The number of ether oxygens (including phenoxy) is 1. The molecule has 0 amide bonds. The van der Waals surface area contributed by atoms with Gasteiger partial charge >= 0.3 is 0 Å². The summed E-state index contributed by atoms with van der Waals surface area (Å²) in [6.45, 7) is 6.93. The number of ketones is 1. The Morgan fingerprint density at radius 2 is 2.11 bits per heavy atom. The lowest BCUT2D eigenvalue weighted by molar-refractivity contribution is 0.0962. The quantitative estimate of drug-likeness (QED) is 0.737. The highest BCUT2D eigenvalue weighted by atomic mass is 16.5. The van der Waals surface area contributed by atoms with E-state index in [0.717, 1.165) is 25.1 Å². The molecule has 0 N–H and O–H groups in total. The Morgan fingerprint density at radius 3 is 2.79 bits per heavy atom. The first kappa shape index (κ1) is 14.2. The number of rotatable bonds is 6. The minimum absolute atomic E-state index is 0.238. The van der Waals surface area contributed by atoms with Crippen LogP contribution in [0.4, 0.5) is 0 Å². The lowest BCUT2D eigenvalue weighted by Crippen LogP contribution is -2.35. The van der Waals surface area contributed by atoms with Gasteiger partial charge in [0.1, 0.15) is 0 Å². The molecule has 104 valence electrons. The molecule has 1 aliphatic heterocycles. The van der Waals surface area contributed by atoms with Crippen molar-refractivity contribution in [3.05, 3.63) is 35.9 Å². The lowest BCUT2D eigenvalue weighted by atomic mass is 10.0. The first-order chi connectivity index (χ1) is 9.18. The number of hydrogen-bond donors (Lipinski definition) is 0. The van der Waals surface area contributed by atoms with Gasteiger partial charge in [0.15, 0.2) is 5.78 Å². The van der Waals surface area contributed by atoms with E-state index in [9.17, 15) is 4.79 Å². The van der Waals surface area contributed by atoms with Crippen LogP contribution >= 0.6 is 0 Å². The third-order valence-electron chi connectivity index (χ3n) is 3.73. The maximum Gasteiger partial charge on any atom is 0.162 e. The summed E-state index contributed by atoms with van der Waals surface area (Å²) in [5.74, 6) is 0.842. The standard InChI is InChI=1S/C16H23NO2/c1-13(2)15-11-19-12-17(15)10-6-9-16(18)14-7-4-3-5-8-14/h3-5,7-8,13,15H,6,9-12H2,1-2H3/t15-/m1/s1. The third kappa shape index (κ3) is 3.88. The summed E-state index contributed by atoms with van der Waals surface area (Å²) in [6, 6.07) is 10.0. The minimum atomic E-state index is 0.238. The summed E-state index contributed by atoms with van der Waals surface area (Å²) >= 11 is 0. The van der Waals surface area contributed by atoms with Crippen molar-refractivity contribution in [2.24, 2.45) is 5.92 Å². The number of carbonyl (C=O) groups is 1. The number of carbonyl (C=O) groups excluding carboxylic acids is 1. The van der Waals surface area contributed by atoms with Crippen molar-refractivity contribution in [2.45, 2.75) is 32.7 Å². The Labute approximate surface area is 115 Å². The van der Waals surface area contributed by atoms with Crippen LogP contribution in [0.25, 0.3) is 0 Å². The summed E-state index contributed by atoms with van der Waals surface area (Å²) in [4.78, 5) is 14.3. The van der Waals surface area contributed by atoms with E-state index in [0.29, 0.717) is 25.1 Å². The molecule has 0 bridgehead atoms. The molecule has 0 saturated carbocycles. The molecule has 1 saturated heterocycles. The normalized spacial score (nSPS) is 20.1. The zero-order chi connectivity index (χ0) is 13.7. The van der Waals surface area contributed by atoms with Crippen molar-refractivity contribution in [3.63, 3.8) is 0 Å². The summed E-state index contributed by atoms with van der Waals surface area (Å²) in [6.07, 6.45) is 1.52. The molecular formula is C16H23NO2. The lowest BCUT2D eigenvalue weighted by Gasteiger charge is -2.24. The van der Waals surface area contributed by atoms with E-state index in [1.807, 2.05) is 30.3 Å². The second-order valence-corrected chi connectivity index (χ2v) is 5.52. The molecule has 0 aliphatic carbocycles. The second kappa shape index (κ2) is 6.83. The van der Waals surface area contributed by atoms with Gasteiger partial charge in [-0.3, -0.25) is 9.69 Å². The van der Waals surface area contributed by atoms with E-state index in [2.05, 4.69) is 18.7 Å². The number of Topliss-reactive ketones (excluding diaryl/α,β-unsaturated/α-hetero) is 1. The molecule has 0 radical (unpaired) electrons. The van der Waals surface area contributed by atoms with Crippen LogP contribution in [0.2, 0.25) is 0 Å². The van der Waals surface area contributed by atoms with Gasteiger partial charge in [0.2, 0.25) is 0 Å². The SMILES string of the molecule is CC(C)[C@H]1COCN1CCCC(=O)c1ccccc1. The van der Waals surface area contributed by atoms with E-state index in [1.165, 1.54) is 0 Å². The van der Waals surface area contributed by atoms with Crippen molar-refractivity contribution < 1.29 is 9.53 Å². The van der Waals surface area contributed by atoms with Crippen LogP contribution in [0.15, 0.2) is 30.3 Å². The maximum atomic E-state index is 12.0. The molecule has 1 atom stereocenters. The largest absolute Gasteiger partial charge is 0.364 e. The van der Waals surface area contributed by atoms with Gasteiger partial charge in [-0.25, -0.2) is 0 Å². The van der Waals surface area contributed by atoms with E-state index >= 15 is 0 Å². The van der Waals surface area contributed by atoms with Gasteiger partial charge < -0.3 is 4.74 Å². The summed E-state index contributed by atoms with van der Waals surface area (Å²) in [7, 11) is 0. The molecule has 1 aromatic carbocycles. The molecule has 0 spiro atoms. The van der Waals surface area contributed by atoms with Crippen molar-refractivity contribution in [1.29, 1.82) is 0 Å². The second-order valence-electron chi connectivity index (χ2n) is 5.52. The third-order valence-corrected chi connectivity index (χ3v) is 3.73. The van der Waals surface area contributed by atoms with Gasteiger partial charge in [-0.05, 0) is 12.3 Å². The molecular weight excluding hydrogens is 238 g/mol. The van der Waals surface area contributed by atoms with Gasteiger partial charge in [-0.1, -0.05) is 44.2 Å². The highest BCUT2D eigenvalue weighted by Crippen LogP contribution is 2.18. The molecule has 1 aromatic rings. The van der Waals surface area contributed by atoms with Crippen molar-refractivity contribution in [3.8, 4) is 0 Å². The van der Waals surface area contributed by atoms with Gasteiger partial charge in [0, 0.05) is 24.6 Å². The van der Waals surface area contributed by atoms with Crippen molar-refractivity contribution in [1.82, 2.24) is 4.90 Å². The van der Waals surface area contributed by atoms with E-state index in [4.69, 9.17) is 4.74 Å². The zero-order valence-electron chi connectivity index (χ0n) is 11.8. The zero-order valence-corrected chi connectivity index (χ0v) is 11.8. The Kier molecular flexibility index (Phi) is 5.11. The van der Waals surface area contributed by atoms with Crippen LogP contribution in [0.3, 0.4) is 0 Å². The van der Waals surface area contributed by atoms with Crippen molar-refractivity contribution >= 4 is 5.78 Å². The van der Waals surface area contributed by atoms with Gasteiger partial charge in [0.05, 0.1) is 13.3 Å². The first-order valence-electron chi connectivity index (χ1n) is 7.08. The van der Waals surface area contributed by atoms with E-state index in [-0.39, 0.29) is 5.78 Å². The Bertz CT molecular complexity index is 402. The smallest absolute Gasteiger partial charge is 0.162 e. The predicted octanol–water partition coefficient (Wildman–Crippen LogP) is 2.96. The van der Waals surface area contributed by atoms with Crippen LogP contribution in [-0.4, -0.2) is 36.6 Å². The predicted molar refractivity (Wildman–Crippen MR) is 76.2 cm³/mol. The van der Waals surface area contributed by atoms with Crippen molar-refractivity contribution in [2.75, 3.05) is 19.9 Å². The van der Waals surface area contributed by atoms with Crippen LogP contribution in [0.1, 0.15) is 37.0 Å². The highest BCUT2D eigenvalue weighted by Gasteiger charge is 2.27. The molecule has 3 nitrogen and oxygen atoms in total. The Morgan fingerprint density at radius 1 is 1.37 bits per heavy atom. The molecule has 19 heavy (non-hydrogen) atoms. The molecule has 3 heteroatoms. The minimum Gasteiger partial charge on any atom is -0.364 e. The number of hydrogen-bond acceptors (Lipinski definition) is 3. The highest BCUT2D eigenvalue weighted by molar-refractivity contribution is 5.95. The summed E-state index contributed by atoms with van der Waals surface area (Å²) in [5, 5.41) is 0. The fraction of sp³-hybridized carbons (Fsp3) is 0.562. The fourth-order valence-electron chi connectivity index (χ4n) is 2.55. The maximum absolute atomic E-state index is 12.0. The van der Waals surface area contributed by atoms with Crippen LogP contribution in [0, 0.1) is 5.92 Å². The van der Waals surface area contributed by atoms with Gasteiger partial charge in [0.25, 0.3) is 0 Å². The van der Waals surface area contributed by atoms with Gasteiger partial charge in [-0.2, -0.15) is 0 Å². The van der Waals surface area contributed by atoms with E-state index < -0.39 is 0 Å². The monoisotopic (exact) mass is 261 g/mol. The first-order valence-corrected chi connectivity index (χ1v) is 7.08. The molecule has 2 rings (SSSR count). The molecule has 1 heterocycles. The van der Waals surface area contributed by atoms with Crippen LogP contribution in [0.5, 0.6) is 0 Å². The van der Waals surface area contributed by atoms with Gasteiger partial charge in [-0.15, -0.1) is 0 Å². The molecule has 1 aliphatic rings. The number of nitrogens with zero attached hydrogens (tertiary/aromatic N) is 1. The Balaban J connectivity index is 1.76. The topological polar surface area (TPSA) is 29.5 Å². The summed E-state index contributed by atoms with van der Waals surface area (Å²) < 4.78 is 5.51. The van der Waals surface area contributed by atoms with Crippen LogP contribution in [-0.2, 0) is 4.74 Å². The average Bonchev–Trinajstić information content (AvgIpc) is 2.88. The molecule has 0 aromatic heterocycles. The van der Waals surface area contributed by atoms with Crippen LogP contribution < -0.4 is 0 Å². The average molecular weight is 261 g/mol. The number of benzene rings is 1. The molecule has 1 fully saturated rings. The fourth-order valence-corrected chi connectivity index (χ4v) is 2.55. The summed E-state index contributed by atoms with van der Waals surface area (Å²) in [5.41, 5.74) is 0.820.